The highest BCUT2D eigenvalue weighted by Gasteiger charge is 2.04. The molecule has 2 rings (SSSR count). The van der Waals surface area contributed by atoms with E-state index < -0.39 is 0 Å². The normalized spacial score (nSPS) is 9.92. The molecular formula is C17H18FN3O3. The van der Waals surface area contributed by atoms with Gasteiger partial charge in [0.15, 0.2) is 0 Å². The molecule has 0 aliphatic rings. The van der Waals surface area contributed by atoms with Crippen LogP contribution in [0.5, 0.6) is 5.75 Å². The topological polar surface area (TPSA) is 79.5 Å². The second-order valence-electron chi connectivity index (χ2n) is 4.88. The Morgan fingerprint density at radius 3 is 2.12 bits per heavy atom. The first-order valence-corrected chi connectivity index (χ1v) is 7.34. The predicted molar refractivity (Wildman–Crippen MR) is 89.7 cm³/mol. The average Bonchev–Trinajstić information content (AvgIpc) is 2.58. The molecule has 6 nitrogen and oxygen atoms in total. The van der Waals surface area contributed by atoms with Crippen LogP contribution in [0.2, 0.25) is 0 Å². The summed E-state index contributed by atoms with van der Waals surface area (Å²) in [5.41, 5.74) is 1.23. The molecule has 0 bridgehead atoms. The maximum atomic E-state index is 12.8. The van der Waals surface area contributed by atoms with Gasteiger partial charge in [-0.25, -0.2) is 9.18 Å². The second kappa shape index (κ2) is 8.52. The molecular weight excluding hydrogens is 313 g/mol. The van der Waals surface area contributed by atoms with Crippen molar-refractivity contribution in [2.45, 2.75) is 6.42 Å². The smallest absolute Gasteiger partial charge is 0.318 e. The Kier molecular flexibility index (Phi) is 6.13. The van der Waals surface area contributed by atoms with E-state index in [-0.39, 0.29) is 30.8 Å². The first kappa shape index (κ1) is 17.3. The van der Waals surface area contributed by atoms with E-state index in [2.05, 4.69) is 16.0 Å². The molecule has 0 aliphatic heterocycles. The SMILES string of the molecule is CNC(=O)Nc1ccc(NC(=O)CCOc2ccc(F)cc2)cc1. The first-order valence-electron chi connectivity index (χ1n) is 7.34. The van der Waals surface area contributed by atoms with Crippen molar-refractivity contribution in [3.05, 3.63) is 54.3 Å². The third-order valence-electron chi connectivity index (χ3n) is 3.07. The van der Waals surface area contributed by atoms with Crippen LogP contribution in [-0.4, -0.2) is 25.6 Å². The number of hydrogen-bond acceptors (Lipinski definition) is 3. The van der Waals surface area contributed by atoms with Crippen molar-refractivity contribution in [1.29, 1.82) is 0 Å². The number of urea groups is 1. The van der Waals surface area contributed by atoms with Gasteiger partial charge in [-0.2, -0.15) is 0 Å². The van der Waals surface area contributed by atoms with Crippen molar-refractivity contribution in [2.75, 3.05) is 24.3 Å². The van der Waals surface area contributed by atoms with E-state index >= 15 is 0 Å². The van der Waals surface area contributed by atoms with Gasteiger partial charge in [0, 0.05) is 18.4 Å². The molecule has 0 aromatic heterocycles. The van der Waals surface area contributed by atoms with Gasteiger partial charge >= 0.3 is 6.03 Å². The zero-order valence-electron chi connectivity index (χ0n) is 13.1. The number of ether oxygens (including phenoxy) is 1. The fourth-order valence-corrected chi connectivity index (χ4v) is 1.85. The summed E-state index contributed by atoms with van der Waals surface area (Å²) in [6, 6.07) is 12.0. The molecule has 0 radical (unpaired) electrons. The maximum absolute atomic E-state index is 12.8. The number of nitrogens with one attached hydrogen (secondary N) is 3. The highest BCUT2D eigenvalue weighted by molar-refractivity contribution is 5.92. The minimum atomic E-state index is -0.338. The Morgan fingerprint density at radius 1 is 0.958 bits per heavy atom. The van der Waals surface area contributed by atoms with E-state index in [1.807, 2.05) is 0 Å². The minimum Gasteiger partial charge on any atom is -0.493 e. The largest absolute Gasteiger partial charge is 0.493 e. The van der Waals surface area contributed by atoms with E-state index in [0.29, 0.717) is 17.1 Å². The van der Waals surface area contributed by atoms with Crippen LogP contribution in [0.4, 0.5) is 20.6 Å². The third kappa shape index (κ3) is 5.60. The van der Waals surface area contributed by atoms with Crippen LogP contribution >= 0.6 is 0 Å². The maximum Gasteiger partial charge on any atom is 0.318 e. The molecule has 126 valence electrons. The predicted octanol–water partition coefficient (Wildman–Crippen LogP) is 2.98. The van der Waals surface area contributed by atoms with Gasteiger partial charge < -0.3 is 20.7 Å². The van der Waals surface area contributed by atoms with Crippen molar-refractivity contribution in [1.82, 2.24) is 5.32 Å². The van der Waals surface area contributed by atoms with Gasteiger partial charge in [0.05, 0.1) is 13.0 Å². The zero-order valence-corrected chi connectivity index (χ0v) is 13.1. The number of anilines is 2. The van der Waals surface area contributed by atoms with Gasteiger partial charge in [-0.15, -0.1) is 0 Å². The van der Waals surface area contributed by atoms with Crippen LogP contribution in [0.1, 0.15) is 6.42 Å². The molecule has 0 aliphatic carbocycles. The van der Waals surface area contributed by atoms with Crippen LogP contribution in [-0.2, 0) is 4.79 Å². The highest BCUT2D eigenvalue weighted by atomic mass is 19.1. The quantitative estimate of drug-likeness (QED) is 0.761. The summed E-state index contributed by atoms with van der Waals surface area (Å²) in [4.78, 5) is 23.0. The monoisotopic (exact) mass is 331 g/mol. The van der Waals surface area contributed by atoms with Crippen LogP contribution in [0.15, 0.2) is 48.5 Å². The molecule has 2 aromatic carbocycles. The number of rotatable bonds is 6. The van der Waals surface area contributed by atoms with Crippen molar-refractivity contribution >= 4 is 23.3 Å². The molecule has 0 heterocycles. The average molecular weight is 331 g/mol. The van der Waals surface area contributed by atoms with Gasteiger partial charge in [-0.1, -0.05) is 0 Å². The van der Waals surface area contributed by atoms with E-state index in [1.54, 1.807) is 24.3 Å². The van der Waals surface area contributed by atoms with E-state index in [1.165, 1.54) is 31.3 Å². The number of carbonyl (C=O) groups is 2. The molecule has 2 aromatic rings. The lowest BCUT2D eigenvalue weighted by atomic mass is 10.2. The fourth-order valence-electron chi connectivity index (χ4n) is 1.85. The lowest BCUT2D eigenvalue weighted by Gasteiger charge is -2.08. The number of halogens is 1. The van der Waals surface area contributed by atoms with E-state index in [4.69, 9.17) is 4.74 Å². The Hall–Kier alpha value is -3.09. The summed E-state index contributed by atoms with van der Waals surface area (Å²) < 4.78 is 18.1. The van der Waals surface area contributed by atoms with Gasteiger partial charge in [0.2, 0.25) is 5.91 Å². The lowest BCUT2D eigenvalue weighted by Crippen LogP contribution is -2.24. The Bertz CT molecular complexity index is 687. The van der Waals surface area contributed by atoms with Crippen molar-refractivity contribution in [3.63, 3.8) is 0 Å². The number of hydrogen-bond donors (Lipinski definition) is 3. The fraction of sp³-hybridized carbons (Fsp3) is 0.176. The van der Waals surface area contributed by atoms with Gasteiger partial charge in [-0.3, -0.25) is 4.79 Å². The van der Waals surface area contributed by atoms with Crippen LogP contribution in [0.25, 0.3) is 0 Å². The Balaban J connectivity index is 1.75. The molecule has 0 fully saturated rings. The summed E-state index contributed by atoms with van der Waals surface area (Å²) >= 11 is 0. The van der Waals surface area contributed by atoms with Crippen molar-refractivity contribution in [2.24, 2.45) is 0 Å². The molecule has 3 amide bonds. The lowest BCUT2D eigenvalue weighted by molar-refractivity contribution is -0.116. The third-order valence-corrected chi connectivity index (χ3v) is 3.07. The molecule has 7 heteroatoms. The molecule has 3 N–H and O–H groups in total. The van der Waals surface area contributed by atoms with E-state index in [9.17, 15) is 14.0 Å². The Morgan fingerprint density at radius 2 is 1.54 bits per heavy atom. The summed E-state index contributed by atoms with van der Waals surface area (Å²) in [5, 5.41) is 7.79. The zero-order chi connectivity index (χ0) is 17.4. The number of benzene rings is 2. The first-order chi connectivity index (χ1) is 11.6. The van der Waals surface area contributed by atoms with E-state index in [0.717, 1.165) is 0 Å². The number of amides is 3. The molecule has 0 atom stereocenters. The molecule has 0 saturated heterocycles. The van der Waals surface area contributed by atoms with Crippen LogP contribution in [0, 0.1) is 5.82 Å². The second-order valence-corrected chi connectivity index (χ2v) is 4.88. The molecule has 24 heavy (non-hydrogen) atoms. The number of carbonyl (C=O) groups excluding carboxylic acids is 2. The minimum absolute atomic E-state index is 0.162. The highest BCUT2D eigenvalue weighted by Crippen LogP contribution is 2.14. The van der Waals surface area contributed by atoms with Crippen molar-refractivity contribution < 1.29 is 18.7 Å². The summed E-state index contributed by atoms with van der Waals surface area (Å²) in [6.45, 7) is 0.188. The summed E-state index contributed by atoms with van der Waals surface area (Å²) in [7, 11) is 1.53. The van der Waals surface area contributed by atoms with Crippen molar-refractivity contribution in [3.8, 4) is 5.75 Å². The van der Waals surface area contributed by atoms with Gasteiger partial charge in [0.25, 0.3) is 0 Å². The molecule has 0 unspecified atom stereocenters. The standard InChI is InChI=1S/C17H18FN3O3/c1-19-17(23)21-14-6-4-13(5-7-14)20-16(22)10-11-24-15-8-2-12(18)3-9-15/h2-9H,10-11H2,1H3,(H,20,22)(H2,19,21,23). The molecule has 0 saturated carbocycles. The van der Waals surface area contributed by atoms with Gasteiger partial charge in [-0.05, 0) is 48.5 Å². The Labute approximate surface area is 139 Å². The summed E-state index contributed by atoms with van der Waals surface area (Å²) in [5.74, 6) is -0.0348. The molecule has 0 spiro atoms. The summed E-state index contributed by atoms with van der Waals surface area (Å²) in [6.07, 6.45) is 0.162. The van der Waals surface area contributed by atoms with Crippen LogP contribution < -0.4 is 20.7 Å². The van der Waals surface area contributed by atoms with Gasteiger partial charge in [0.1, 0.15) is 11.6 Å². The van der Waals surface area contributed by atoms with Crippen LogP contribution in [0.3, 0.4) is 0 Å².